The van der Waals surface area contributed by atoms with Crippen molar-refractivity contribution in [1.29, 1.82) is 0 Å². The van der Waals surface area contributed by atoms with E-state index in [0.717, 1.165) is 43.8 Å². The summed E-state index contributed by atoms with van der Waals surface area (Å²) in [5.74, 6) is 0. The van der Waals surface area contributed by atoms with E-state index in [1.165, 1.54) is 12.1 Å². The van der Waals surface area contributed by atoms with E-state index >= 15 is 0 Å². The van der Waals surface area contributed by atoms with Crippen LogP contribution in [0.15, 0.2) is 24.3 Å². The van der Waals surface area contributed by atoms with Gasteiger partial charge in [-0.05, 0) is 50.0 Å². The number of nitrogens with zero attached hydrogens (tertiary/aromatic N) is 1. The minimum atomic E-state index is -4.31. The molecule has 2 nitrogen and oxygen atoms in total. The standard InChI is InChI=1S/C16H22F3NO/c1-2-20-10-3-8-15(21,9-11-20)12-13-4-6-14(7-5-13)16(17,18)19/h4-7,21H,2-3,8-12H2,1H3. The number of likely N-dealkylation sites (tertiary alicyclic amines) is 1. The number of benzene rings is 1. The third-order valence-electron chi connectivity index (χ3n) is 4.27. The summed E-state index contributed by atoms with van der Waals surface area (Å²) in [4.78, 5) is 2.30. The van der Waals surface area contributed by atoms with Gasteiger partial charge >= 0.3 is 6.18 Å². The van der Waals surface area contributed by atoms with E-state index in [1.807, 2.05) is 0 Å². The Morgan fingerprint density at radius 2 is 1.81 bits per heavy atom. The lowest BCUT2D eigenvalue weighted by molar-refractivity contribution is -0.137. The van der Waals surface area contributed by atoms with Crippen molar-refractivity contribution in [3.8, 4) is 0 Å². The van der Waals surface area contributed by atoms with E-state index in [-0.39, 0.29) is 0 Å². The van der Waals surface area contributed by atoms with Crippen molar-refractivity contribution in [3.63, 3.8) is 0 Å². The van der Waals surface area contributed by atoms with Crippen LogP contribution in [0.5, 0.6) is 0 Å². The Hall–Kier alpha value is -1.07. The van der Waals surface area contributed by atoms with Crippen LogP contribution in [0, 0.1) is 0 Å². The molecule has 1 atom stereocenters. The maximum atomic E-state index is 12.5. The Morgan fingerprint density at radius 1 is 1.14 bits per heavy atom. The minimum Gasteiger partial charge on any atom is -0.389 e. The molecule has 2 rings (SSSR count). The third kappa shape index (κ3) is 4.45. The molecule has 0 saturated carbocycles. The maximum absolute atomic E-state index is 12.5. The van der Waals surface area contributed by atoms with Crippen molar-refractivity contribution >= 4 is 0 Å². The minimum absolute atomic E-state index is 0.419. The van der Waals surface area contributed by atoms with E-state index in [9.17, 15) is 18.3 Å². The summed E-state index contributed by atoms with van der Waals surface area (Å²) in [6, 6.07) is 5.13. The highest BCUT2D eigenvalue weighted by Gasteiger charge is 2.32. The Labute approximate surface area is 123 Å². The molecule has 1 heterocycles. The van der Waals surface area contributed by atoms with Crippen LogP contribution in [0.1, 0.15) is 37.3 Å². The van der Waals surface area contributed by atoms with Crippen LogP contribution in [-0.4, -0.2) is 35.2 Å². The van der Waals surface area contributed by atoms with Crippen molar-refractivity contribution < 1.29 is 18.3 Å². The first kappa shape index (κ1) is 16.3. The molecular weight excluding hydrogens is 279 g/mol. The maximum Gasteiger partial charge on any atom is 0.416 e. The second-order valence-electron chi connectivity index (χ2n) is 5.88. The normalized spacial score (nSPS) is 24.8. The number of alkyl halides is 3. The Bertz CT molecular complexity index is 458. The molecular formula is C16H22F3NO. The van der Waals surface area contributed by atoms with Crippen molar-refractivity contribution in [2.75, 3.05) is 19.6 Å². The summed E-state index contributed by atoms with van der Waals surface area (Å²) in [6.45, 7) is 4.88. The molecule has 1 aliphatic rings. The average Bonchev–Trinajstić information content (AvgIpc) is 2.60. The number of hydrogen-bond donors (Lipinski definition) is 1. The highest BCUT2D eigenvalue weighted by Crippen LogP contribution is 2.31. The zero-order chi connectivity index (χ0) is 15.5. The molecule has 1 fully saturated rings. The van der Waals surface area contributed by atoms with Crippen molar-refractivity contribution in [2.45, 2.75) is 44.4 Å². The fourth-order valence-corrected chi connectivity index (χ4v) is 2.92. The molecule has 5 heteroatoms. The molecule has 1 aromatic rings. The molecule has 1 saturated heterocycles. The van der Waals surface area contributed by atoms with Gasteiger partial charge in [0.1, 0.15) is 0 Å². The number of halogens is 3. The molecule has 0 amide bonds. The highest BCUT2D eigenvalue weighted by atomic mass is 19.4. The monoisotopic (exact) mass is 301 g/mol. The second kappa shape index (κ2) is 6.36. The predicted octanol–water partition coefficient (Wildman–Crippen LogP) is 3.48. The summed E-state index contributed by atoms with van der Waals surface area (Å²) in [5.41, 5.74) is -0.685. The SMILES string of the molecule is CCN1CCCC(O)(Cc2ccc(C(F)(F)F)cc2)CC1. The molecule has 0 aromatic heterocycles. The summed E-state index contributed by atoms with van der Waals surface area (Å²) in [6.07, 6.45) is -1.60. The predicted molar refractivity (Wildman–Crippen MR) is 76.1 cm³/mol. The van der Waals surface area contributed by atoms with Gasteiger partial charge in [-0.25, -0.2) is 0 Å². The summed E-state index contributed by atoms with van der Waals surface area (Å²) in [7, 11) is 0. The van der Waals surface area contributed by atoms with Gasteiger partial charge in [0, 0.05) is 13.0 Å². The molecule has 1 aromatic carbocycles. The smallest absolute Gasteiger partial charge is 0.389 e. The van der Waals surface area contributed by atoms with E-state index in [1.54, 1.807) is 0 Å². The molecule has 1 unspecified atom stereocenters. The lowest BCUT2D eigenvalue weighted by Gasteiger charge is -2.27. The Morgan fingerprint density at radius 3 is 2.38 bits per heavy atom. The van der Waals surface area contributed by atoms with E-state index in [2.05, 4.69) is 11.8 Å². The first-order valence-electron chi connectivity index (χ1n) is 7.43. The number of rotatable bonds is 3. The van der Waals surface area contributed by atoms with Gasteiger partial charge in [-0.15, -0.1) is 0 Å². The van der Waals surface area contributed by atoms with Crippen LogP contribution in [0.25, 0.3) is 0 Å². The van der Waals surface area contributed by atoms with Gasteiger partial charge < -0.3 is 10.0 Å². The quantitative estimate of drug-likeness (QED) is 0.924. The molecule has 1 N–H and O–H groups in total. The van der Waals surface area contributed by atoms with Crippen LogP contribution in [0.2, 0.25) is 0 Å². The molecule has 118 valence electrons. The van der Waals surface area contributed by atoms with Gasteiger partial charge in [0.05, 0.1) is 11.2 Å². The number of hydrogen-bond acceptors (Lipinski definition) is 2. The summed E-state index contributed by atoms with van der Waals surface area (Å²) >= 11 is 0. The van der Waals surface area contributed by atoms with Crippen LogP contribution in [-0.2, 0) is 12.6 Å². The largest absolute Gasteiger partial charge is 0.416 e. The number of aliphatic hydroxyl groups is 1. The van der Waals surface area contributed by atoms with Gasteiger partial charge in [-0.2, -0.15) is 13.2 Å². The van der Waals surface area contributed by atoms with Crippen LogP contribution in [0.3, 0.4) is 0 Å². The van der Waals surface area contributed by atoms with Crippen LogP contribution in [0.4, 0.5) is 13.2 Å². The zero-order valence-corrected chi connectivity index (χ0v) is 12.3. The Balaban J connectivity index is 2.03. The van der Waals surface area contributed by atoms with Crippen LogP contribution < -0.4 is 0 Å². The molecule has 0 radical (unpaired) electrons. The van der Waals surface area contributed by atoms with E-state index in [0.29, 0.717) is 19.3 Å². The van der Waals surface area contributed by atoms with Crippen molar-refractivity contribution in [1.82, 2.24) is 4.90 Å². The summed E-state index contributed by atoms with van der Waals surface area (Å²) in [5, 5.41) is 10.7. The zero-order valence-electron chi connectivity index (χ0n) is 12.3. The second-order valence-corrected chi connectivity index (χ2v) is 5.88. The van der Waals surface area contributed by atoms with Crippen molar-refractivity contribution in [2.24, 2.45) is 0 Å². The molecule has 0 bridgehead atoms. The molecule has 0 spiro atoms. The summed E-state index contributed by atoms with van der Waals surface area (Å²) < 4.78 is 37.6. The molecule has 1 aliphatic heterocycles. The van der Waals surface area contributed by atoms with Crippen LogP contribution >= 0.6 is 0 Å². The van der Waals surface area contributed by atoms with Gasteiger partial charge in [-0.3, -0.25) is 0 Å². The fraction of sp³-hybridized carbons (Fsp3) is 0.625. The first-order valence-corrected chi connectivity index (χ1v) is 7.43. The lowest BCUT2D eigenvalue weighted by Crippen LogP contribution is -2.33. The topological polar surface area (TPSA) is 23.5 Å². The van der Waals surface area contributed by atoms with Gasteiger partial charge in [0.15, 0.2) is 0 Å². The van der Waals surface area contributed by atoms with Gasteiger partial charge in [0.25, 0.3) is 0 Å². The van der Waals surface area contributed by atoms with Gasteiger partial charge in [-0.1, -0.05) is 19.1 Å². The third-order valence-corrected chi connectivity index (χ3v) is 4.27. The van der Waals surface area contributed by atoms with E-state index < -0.39 is 17.3 Å². The molecule has 0 aliphatic carbocycles. The van der Waals surface area contributed by atoms with E-state index in [4.69, 9.17) is 0 Å². The Kier molecular flexibility index (Phi) is 4.94. The highest BCUT2D eigenvalue weighted by molar-refractivity contribution is 5.25. The fourth-order valence-electron chi connectivity index (χ4n) is 2.92. The lowest BCUT2D eigenvalue weighted by atomic mass is 9.87. The van der Waals surface area contributed by atoms with Crippen molar-refractivity contribution in [3.05, 3.63) is 35.4 Å². The average molecular weight is 301 g/mol. The van der Waals surface area contributed by atoms with Gasteiger partial charge in [0.2, 0.25) is 0 Å². The molecule has 21 heavy (non-hydrogen) atoms. The first-order chi connectivity index (χ1) is 9.82.